The van der Waals surface area contributed by atoms with Crippen molar-refractivity contribution in [2.45, 2.75) is 58.1 Å². The molecule has 0 spiro atoms. The summed E-state index contributed by atoms with van der Waals surface area (Å²) in [6.45, 7) is 4.10. The van der Waals surface area contributed by atoms with Gasteiger partial charge in [-0.3, -0.25) is 9.78 Å². The summed E-state index contributed by atoms with van der Waals surface area (Å²) < 4.78 is 0. The molecule has 2 unspecified atom stereocenters. The number of rotatable bonds is 6. The number of nitrogens with one attached hydrogen (secondary N) is 2. The maximum atomic E-state index is 10.5. The van der Waals surface area contributed by atoms with E-state index in [1.165, 1.54) is 19.3 Å². The second kappa shape index (κ2) is 9.46. The van der Waals surface area contributed by atoms with E-state index >= 15 is 0 Å². The molecular formula is C22H28N4O2. The lowest BCUT2D eigenvalue weighted by atomic mass is 9.93. The molecule has 3 heterocycles. The first-order chi connectivity index (χ1) is 13.6. The topological polar surface area (TPSA) is 87.1 Å². The number of carbonyl (C=O) groups is 1. The molecule has 1 aliphatic carbocycles. The third-order valence-electron chi connectivity index (χ3n) is 4.71. The predicted molar refractivity (Wildman–Crippen MR) is 113 cm³/mol. The zero-order valence-electron chi connectivity index (χ0n) is 16.5. The van der Waals surface area contributed by atoms with E-state index < -0.39 is 0 Å². The number of amides is 1. The number of anilines is 1. The molecule has 0 saturated heterocycles. The Balaban J connectivity index is 0.000000684. The molecule has 1 aliphatic heterocycles. The van der Waals surface area contributed by atoms with E-state index in [2.05, 4.69) is 33.6 Å². The summed E-state index contributed by atoms with van der Waals surface area (Å²) >= 11 is 0. The van der Waals surface area contributed by atoms with Gasteiger partial charge in [-0.15, -0.1) is 0 Å². The Morgan fingerprint density at radius 2 is 2.07 bits per heavy atom. The Labute approximate surface area is 165 Å². The summed E-state index contributed by atoms with van der Waals surface area (Å²) in [6.07, 6.45) is 13.9. The van der Waals surface area contributed by atoms with Crippen molar-refractivity contribution >= 4 is 28.7 Å². The number of aliphatic hydroxyl groups excluding tert-OH is 1. The molecule has 4 rings (SSSR count). The molecule has 2 aromatic rings. The molecule has 1 fully saturated rings. The van der Waals surface area contributed by atoms with Crippen molar-refractivity contribution < 1.29 is 9.90 Å². The van der Waals surface area contributed by atoms with Gasteiger partial charge in [0.25, 0.3) is 0 Å². The van der Waals surface area contributed by atoms with Gasteiger partial charge in [0.1, 0.15) is 5.82 Å². The average Bonchev–Trinajstić information content (AvgIpc) is 3.57. The number of dihydropyridines is 1. The number of pyridine rings is 2. The predicted octanol–water partition coefficient (Wildman–Crippen LogP) is 3.79. The smallest absolute Gasteiger partial charge is 0.212 e. The first-order valence-corrected chi connectivity index (χ1v) is 9.91. The monoisotopic (exact) mass is 380 g/mol. The number of nitrogens with zero attached hydrogens (tertiary/aromatic N) is 2. The van der Waals surface area contributed by atoms with E-state index in [-0.39, 0.29) is 12.1 Å². The van der Waals surface area contributed by atoms with Crippen LogP contribution in [0.15, 0.2) is 42.4 Å². The molecule has 2 aliphatic rings. The van der Waals surface area contributed by atoms with E-state index in [0.717, 1.165) is 40.5 Å². The van der Waals surface area contributed by atoms with Crippen molar-refractivity contribution in [3.05, 3.63) is 47.9 Å². The first-order valence-electron chi connectivity index (χ1n) is 9.91. The van der Waals surface area contributed by atoms with Crippen LogP contribution in [0.5, 0.6) is 0 Å². The Kier molecular flexibility index (Phi) is 6.76. The summed E-state index contributed by atoms with van der Waals surface area (Å²) in [5.74, 6) is 0.477. The molecule has 6 heteroatoms. The van der Waals surface area contributed by atoms with Gasteiger partial charge in [0.15, 0.2) is 0 Å². The van der Waals surface area contributed by atoms with Crippen LogP contribution in [-0.2, 0) is 4.79 Å². The van der Waals surface area contributed by atoms with Crippen LogP contribution in [0.2, 0.25) is 0 Å². The fraction of sp³-hybridized carbons (Fsp3) is 0.409. The van der Waals surface area contributed by atoms with Gasteiger partial charge in [-0.1, -0.05) is 38.7 Å². The van der Waals surface area contributed by atoms with E-state index in [4.69, 9.17) is 0 Å². The van der Waals surface area contributed by atoms with Gasteiger partial charge in [-0.05, 0) is 25.0 Å². The lowest BCUT2D eigenvalue weighted by Crippen LogP contribution is -2.37. The normalized spacial score (nSPS) is 18.8. The number of fused-ring (bicyclic) bond motifs is 1. The number of hydrogen-bond donors (Lipinski definition) is 3. The minimum Gasteiger partial charge on any atom is -0.391 e. The molecular weight excluding hydrogens is 352 g/mol. The molecule has 3 N–H and O–H groups in total. The quantitative estimate of drug-likeness (QED) is 0.664. The van der Waals surface area contributed by atoms with Crippen molar-refractivity contribution in [1.82, 2.24) is 15.3 Å². The third kappa shape index (κ3) is 5.16. The minimum absolute atomic E-state index is 0.0595. The van der Waals surface area contributed by atoms with E-state index in [9.17, 15) is 9.90 Å². The minimum atomic E-state index is -0.389. The maximum absolute atomic E-state index is 10.5. The first kappa shape index (κ1) is 20.0. The molecule has 2 aromatic heterocycles. The van der Waals surface area contributed by atoms with Crippen LogP contribution in [0.4, 0.5) is 5.82 Å². The van der Waals surface area contributed by atoms with Gasteiger partial charge >= 0.3 is 0 Å². The van der Waals surface area contributed by atoms with Gasteiger partial charge in [-0.2, -0.15) is 0 Å². The Morgan fingerprint density at radius 3 is 2.71 bits per heavy atom. The molecule has 0 aromatic carbocycles. The Bertz CT molecular complexity index is 886. The fourth-order valence-corrected chi connectivity index (χ4v) is 3.02. The zero-order chi connectivity index (χ0) is 19.9. The van der Waals surface area contributed by atoms with Crippen molar-refractivity contribution in [3.8, 4) is 0 Å². The Hall–Kier alpha value is -2.73. The molecule has 0 radical (unpaired) electrons. The number of carbonyl (C=O) groups excluding carboxylic acids is 1. The van der Waals surface area contributed by atoms with Gasteiger partial charge < -0.3 is 15.7 Å². The summed E-state index contributed by atoms with van der Waals surface area (Å²) in [5.41, 5.74) is 3.90. The molecule has 2 atom stereocenters. The van der Waals surface area contributed by atoms with Crippen molar-refractivity contribution in [3.63, 3.8) is 0 Å². The zero-order valence-corrected chi connectivity index (χ0v) is 16.5. The number of hydrogen-bond acceptors (Lipinski definition) is 5. The van der Waals surface area contributed by atoms with Gasteiger partial charge in [-0.25, -0.2) is 4.98 Å². The van der Waals surface area contributed by atoms with E-state index in [1.807, 2.05) is 19.2 Å². The summed E-state index contributed by atoms with van der Waals surface area (Å²) in [6, 6.07) is 3.70. The van der Waals surface area contributed by atoms with Crippen molar-refractivity contribution in [2.75, 3.05) is 5.32 Å². The molecule has 1 amide bonds. The van der Waals surface area contributed by atoms with Crippen LogP contribution in [0, 0.1) is 0 Å². The number of aromatic nitrogens is 2. The van der Waals surface area contributed by atoms with Gasteiger partial charge in [0.2, 0.25) is 6.41 Å². The second-order valence-electron chi connectivity index (χ2n) is 7.27. The highest BCUT2D eigenvalue weighted by Gasteiger charge is 2.20. The molecule has 6 nitrogen and oxygen atoms in total. The second-order valence-corrected chi connectivity index (χ2v) is 7.27. The molecule has 1 saturated carbocycles. The number of aliphatic hydroxyl groups is 1. The lowest BCUT2D eigenvalue weighted by molar-refractivity contribution is -0.105. The molecule has 0 bridgehead atoms. The molecule has 148 valence electrons. The summed E-state index contributed by atoms with van der Waals surface area (Å²) in [7, 11) is 0. The Morgan fingerprint density at radius 1 is 1.29 bits per heavy atom. The van der Waals surface area contributed by atoms with E-state index in [0.29, 0.717) is 12.2 Å². The number of allylic oxidation sites excluding steroid dienone is 2. The van der Waals surface area contributed by atoms with Crippen LogP contribution in [0.1, 0.15) is 51.5 Å². The maximum Gasteiger partial charge on any atom is 0.212 e. The van der Waals surface area contributed by atoms with Crippen molar-refractivity contribution in [2.24, 2.45) is 0 Å². The molecule has 28 heavy (non-hydrogen) atoms. The van der Waals surface area contributed by atoms with Gasteiger partial charge in [0, 0.05) is 41.2 Å². The summed E-state index contributed by atoms with van der Waals surface area (Å²) in [4.78, 5) is 19.2. The van der Waals surface area contributed by atoms with E-state index in [1.54, 1.807) is 18.5 Å². The van der Waals surface area contributed by atoms with Crippen LogP contribution in [-0.4, -0.2) is 33.6 Å². The van der Waals surface area contributed by atoms with Crippen LogP contribution in [0.25, 0.3) is 16.5 Å². The average molecular weight is 380 g/mol. The van der Waals surface area contributed by atoms with Crippen molar-refractivity contribution in [1.29, 1.82) is 0 Å². The van der Waals surface area contributed by atoms with Gasteiger partial charge in [0.05, 0.1) is 17.7 Å². The largest absolute Gasteiger partial charge is 0.391 e. The highest BCUT2D eigenvalue weighted by atomic mass is 16.3. The fourth-order valence-electron chi connectivity index (χ4n) is 3.02. The van der Waals surface area contributed by atoms with Crippen LogP contribution < -0.4 is 10.6 Å². The highest BCUT2D eigenvalue weighted by Crippen LogP contribution is 2.28. The third-order valence-corrected chi connectivity index (χ3v) is 4.71. The van der Waals surface area contributed by atoms with Crippen LogP contribution in [0.3, 0.4) is 0 Å². The SMILES string of the molecule is C1CC1.CCCC(O)C1C=C(C)C(c2cnc3cc(NC=O)ncc3c2)=CN1. The highest BCUT2D eigenvalue weighted by molar-refractivity contribution is 5.88. The lowest BCUT2D eigenvalue weighted by Gasteiger charge is -2.26. The summed E-state index contributed by atoms with van der Waals surface area (Å²) in [5, 5.41) is 16.9. The standard InChI is InChI=1S/C19H22N4O2.C3H6/c1-3-4-18(25)17-5-12(2)15(10-21-17)13-6-14-9-22-19(23-11-24)7-16(14)20-8-13;1-2-3-1/h5-11,17-18,21,25H,3-4H2,1-2H3,(H,22,23,24);1-3H2. The van der Waals surface area contributed by atoms with Crippen LogP contribution >= 0.6 is 0 Å².